The molecule has 0 aliphatic rings. The number of benzene rings is 2. The molecule has 1 nitrogen and oxygen atoms in total. The van der Waals surface area contributed by atoms with Crippen LogP contribution in [0, 0.1) is 0 Å². The molecule has 0 heterocycles. The van der Waals surface area contributed by atoms with Gasteiger partial charge in [0.25, 0.3) is 0 Å². The highest BCUT2D eigenvalue weighted by Crippen LogP contribution is 2.30. The number of hydrogen-bond acceptors (Lipinski definition) is 2. The summed E-state index contributed by atoms with van der Waals surface area (Å²) in [6, 6.07) is 14.9. The van der Waals surface area contributed by atoms with E-state index in [4.69, 9.17) is 5.73 Å². The van der Waals surface area contributed by atoms with Crippen molar-refractivity contribution in [2.75, 3.05) is 5.75 Å². The second kappa shape index (κ2) is 5.33. The van der Waals surface area contributed by atoms with E-state index < -0.39 is 0 Å². The van der Waals surface area contributed by atoms with Gasteiger partial charge in [0.1, 0.15) is 0 Å². The molecule has 0 saturated heterocycles. The van der Waals surface area contributed by atoms with Crippen LogP contribution in [0.2, 0.25) is 0 Å². The number of thioether (sulfide) groups is 1. The monoisotopic (exact) mass is 259 g/mol. The second-order valence-corrected chi connectivity index (χ2v) is 7.44. The molecule has 0 amide bonds. The maximum absolute atomic E-state index is 6.35. The highest BCUT2D eigenvalue weighted by molar-refractivity contribution is 8.00. The quantitative estimate of drug-likeness (QED) is 0.885. The summed E-state index contributed by atoms with van der Waals surface area (Å²) >= 11 is 1.92. The summed E-state index contributed by atoms with van der Waals surface area (Å²) in [4.78, 5) is 0. The maximum atomic E-state index is 6.35. The van der Waals surface area contributed by atoms with Crippen molar-refractivity contribution in [1.29, 1.82) is 0 Å². The third-order valence-corrected chi connectivity index (χ3v) is 4.31. The summed E-state index contributed by atoms with van der Waals surface area (Å²) in [5.41, 5.74) is 7.60. The van der Waals surface area contributed by atoms with Crippen LogP contribution < -0.4 is 5.73 Å². The van der Waals surface area contributed by atoms with Crippen molar-refractivity contribution in [3.63, 3.8) is 0 Å². The SMILES string of the molecule is CC(C)(C)SCC(N)c1cccc2ccccc12. The van der Waals surface area contributed by atoms with E-state index in [-0.39, 0.29) is 10.8 Å². The van der Waals surface area contributed by atoms with Gasteiger partial charge in [0.2, 0.25) is 0 Å². The second-order valence-electron chi connectivity index (χ2n) is 5.60. The van der Waals surface area contributed by atoms with Crippen LogP contribution in [0.25, 0.3) is 10.8 Å². The smallest absolute Gasteiger partial charge is 0.0393 e. The Morgan fingerprint density at radius 2 is 1.72 bits per heavy atom. The molecule has 0 aliphatic heterocycles. The van der Waals surface area contributed by atoms with Crippen LogP contribution in [0.1, 0.15) is 32.4 Å². The predicted molar refractivity (Wildman–Crippen MR) is 83.1 cm³/mol. The number of hydrogen-bond donors (Lipinski definition) is 1. The molecule has 1 unspecified atom stereocenters. The predicted octanol–water partition coefficient (Wildman–Crippen LogP) is 4.37. The third kappa shape index (κ3) is 3.27. The summed E-state index contributed by atoms with van der Waals surface area (Å²) in [6.45, 7) is 6.69. The first-order valence-corrected chi connectivity index (χ1v) is 7.33. The van der Waals surface area contributed by atoms with Gasteiger partial charge in [0.15, 0.2) is 0 Å². The fourth-order valence-electron chi connectivity index (χ4n) is 2.00. The van der Waals surface area contributed by atoms with Crippen molar-refractivity contribution in [3.05, 3.63) is 48.0 Å². The standard InChI is InChI=1S/C16H21NS/c1-16(2,3)18-11-15(17)14-10-6-8-12-7-4-5-9-13(12)14/h4-10,15H,11,17H2,1-3H3. The van der Waals surface area contributed by atoms with E-state index >= 15 is 0 Å². The van der Waals surface area contributed by atoms with Crippen molar-refractivity contribution in [1.82, 2.24) is 0 Å². The molecule has 2 aromatic carbocycles. The van der Waals surface area contributed by atoms with Gasteiger partial charge >= 0.3 is 0 Å². The molecule has 2 rings (SSSR count). The van der Waals surface area contributed by atoms with Crippen LogP contribution in [-0.4, -0.2) is 10.5 Å². The van der Waals surface area contributed by atoms with E-state index in [1.807, 2.05) is 11.8 Å². The van der Waals surface area contributed by atoms with E-state index in [1.165, 1.54) is 16.3 Å². The Labute approximate surface area is 114 Å². The van der Waals surface area contributed by atoms with Gasteiger partial charge in [-0.25, -0.2) is 0 Å². The van der Waals surface area contributed by atoms with Crippen LogP contribution in [0.4, 0.5) is 0 Å². The Kier molecular flexibility index (Phi) is 3.98. The zero-order valence-electron chi connectivity index (χ0n) is 11.3. The molecule has 0 aliphatic carbocycles. The fraction of sp³-hybridized carbons (Fsp3) is 0.375. The lowest BCUT2D eigenvalue weighted by molar-refractivity contribution is 0.781. The minimum Gasteiger partial charge on any atom is -0.323 e. The third-order valence-electron chi connectivity index (χ3n) is 2.92. The topological polar surface area (TPSA) is 26.0 Å². The highest BCUT2D eigenvalue weighted by Gasteiger charge is 2.15. The van der Waals surface area contributed by atoms with Crippen LogP contribution in [0.5, 0.6) is 0 Å². The van der Waals surface area contributed by atoms with Crippen molar-refractivity contribution < 1.29 is 0 Å². The normalized spacial score (nSPS) is 13.8. The van der Waals surface area contributed by atoms with Crippen molar-refractivity contribution in [3.8, 4) is 0 Å². The average Bonchev–Trinajstić information content (AvgIpc) is 2.34. The zero-order valence-corrected chi connectivity index (χ0v) is 12.1. The molecule has 18 heavy (non-hydrogen) atoms. The molecule has 2 heteroatoms. The summed E-state index contributed by atoms with van der Waals surface area (Å²) in [6.07, 6.45) is 0. The van der Waals surface area contributed by atoms with Gasteiger partial charge in [-0.15, -0.1) is 0 Å². The van der Waals surface area contributed by atoms with Crippen molar-refractivity contribution >= 4 is 22.5 Å². The molecule has 0 radical (unpaired) electrons. The lowest BCUT2D eigenvalue weighted by Gasteiger charge is -2.21. The van der Waals surface area contributed by atoms with Crippen molar-refractivity contribution in [2.24, 2.45) is 5.73 Å². The summed E-state index contributed by atoms with van der Waals surface area (Å²) in [5, 5.41) is 2.55. The van der Waals surface area contributed by atoms with Crippen LogP contribution in [-0.2, 0) is 0 Å². The first kappa shape index (κ1) is 13.4. The first-order chi connectivity index (χ1) is 8.47. The van der Waals surface area contributed by atoms with Crippen molar-refractivity contribution in [2.45, 2.75) is 31.6 Å². The molecule has 96 valence electrons. The highest BCUT2D eigenvalue weighted by atomic mass is 32.2. The van der Waals surface area contributed by atoms with E-state index in [9.17, 15) is 0 Å². The number of fused-ring (bicyclic) bond motifs is 1. The van der Waals surface area contributed by atoms with Gasteiger partial charge in [-0.2, -0.15) is 11.8 Å². The molecular weight excluding hydrogens is 238 g/mol. The van der Waals surface area contributed by atoms with Gasteiger partial charge in [0, 0.05) is 16.5 Å². The molecule has 2 aromatic rings. The number of nitrogens with two attached hydrogens (primary N) is 1. The van der Waals surface area contributed by atoms with Gasteiger partial charge in [-0.3, -0.25) is 0 Å². The summed E-state index contributed by atoms with van der Waals surface area (Å²) in [7, 11) is 0. The lowest BCUT2D eigenvalue weighted by atomic mass is 10.0. The molecule has 0 fully saturated rings. The zero-order chi connectivity index (χ0) is 13.2. The van der Waals surface area contributed by atoms with E-state index in [0.717, 1.165) is 5.75 Å². The van der Waals surface area contributed by atoms with Gasteiger partial charge in [0.05, 0.1) is 0 Å². The summed E-state index contributed by atoms with van der Waals surface area (Å²) in [5.74, 6) is 0.956. The molecule has 0 saturated carbocycles. The Morgan fingerprint density at radius 3 is 2.44 bits per heavy atom. The Balaban J connectivity index is 2.25. The molecule has 0 bridgehead atoms. The van der Waals surface area contributed by atoms with Gasteiger partial charge < -0.3 is 5.73 Å². The lowest BCUT2D eigenvalue weighted by Crippen LogP contribution is -2.18. The molecular formula is C16H21NS. The van der Waals surface area contributed by atoms with E-state index in [0.29, 0.717) is 0 Å². The minimum atomic E-state index is 0.0975. The van der Waals surface area contributed by atoms with Gasteiger partial charge in [-0.05, 0) is 16.3 Å². The molecule has 2 N–H and O–H groups in total. The Bertz CT molecular complexity index is 523. The van der Waals surface area contributed by atoms with E-state index in [1.54, 1.807) is 0 Å². The summed E-state index contributed by atoms with van der Waals surface area (Å²) < 4.78 is 0.266. The average molecular weight is 259 g/mol. The van der Waals surface area contributed by atoms with Gasteiger partial charge in [-0.1, -0.05) is 63.2 Å². The molecule has 0 spiro atoms. The largest absolute Gasteiger partial charge is 0.323 e. The Morgan fingerprint density at radius 1 is 1.06 bits per heavy atom. The van der Waals surface area contributed by atoms with Crippen LogP contribution in [0.15, 0.2) is 42.5 Å². The fourth-order valence-corrected chi connectivity index (χ4v) is 2.86. The molecule has 0 aromatic heterocycles. The van der Waals surface area contributed by atoms with E-state index in [2.05, 4.69) is 63.2 Å². The number of rotatable bonds is 3. The molecule has 1 atom stereocenters. The van der Waals surface area contributed by atoms with Crippen LogP contribution in [0.3, 0.4) is 0 Å². The van der Waals surface area contributed by atoms with Crippen LogP contribution >= 0.6 is 11.8 Å². The minimum absolute atomic E-state index is 0.0975. The Hall–Kier alpha value is -0.990. The first-order valence-electron chi connectivity index (χ1n) is 6.34. The maximum Gasteiger partial charge on any atom is 0.0393 e.